The van der Waals surface area contributed by atoms with Crippen molar-refractivity contribution in [3.8, 4) is 17.2 Å². The maximum atomic E-state index is 13.6. The van der Waals surface area contributed by atoms with E-state index in [0.717, 1.165) is 22.4 Å². The van der Waals surface area contributed by atoms with E-state index in [4.69, 9.17) is 14.2 Å². The summed E-state index contributed by atoms with van der Waals surface area (Å²) >= 11 is 0. The molecule has 3 aromatic carbocycles. The molecule has 7 heteroatoms. The molecule has 0 bridgehead atoms. The molecule has 0 spiro atoms. The van der Waals surface area contributed by atoms with Crippen LogP contribution in [0.5, 0.6) is 17.2 Å². The molecule has 3 aromatic rings. The highest BCUT2D eigenvalue weighted by atomic mass is 16.5. The van der Waals surface area contributed by atoms with E-state index in [1.54, 1.807) is 26.2 Å². The number of nitrogens with one attached hydrogen (secondary N) is 1. The summed E-state index contributed by atoms with van der Waals surface area (Å²) in [4.78, 5) is 28.6. The fourth-order valence-electron chi connectivity index (χ4n) is 4.18. The molecule has 0 saturated carbocycles. The van der Waals surface area contributed by atoms with Crippen molar-refractivity contribution in [3.05, 3.63) is 89.5 Å². The molecular weight excluding hydrogens is 468 g/mol. The van der Waals surface area contributed by atoms with Crippen molar-refractivity contribution in [1.29, 1.82) is 0 Å². The smallest absolute Gasteiger partial charge is 0.247 e. The van der Waals surface area contributed by atoms with Gasteiger partial charge in [-0.05, 0) is 53.8 Å². The van der Waals surface area contributed by atoms with Gasteiger partial charge in [0.25, 0.3) is 0 Å². The fourth-order valence-corrected chi connectivity index (χ4v) is 4.18. The van der Waals surface area contributed by atoms with Crippen molar-refractivity contribution in [3.63, 3.8) is 0 Å². The van der Waals surface area contributed by atoms with E-state index in [2.05, 4.69) is 5.32 Å². The molecule has 0 aromatic heterocycles. The van der Waals surface area contributed by atoms with Gasteiger partial charge in [0.05, 0.1) is 21.3 Å². The van der Waals surface area contributed by atoms with Crippen LogP contribution in [-0.4, -0.2) is 44.6 Å². The Morgan fingerprint density at radius 3 is 2.14 bits per heavy atom. The zero-order valence-electron chi connectivity index (χ0n) is 22.0. The van der Waals surface area contributed by atoms with Crippen LogP contribution in [0.2, 0.25) is 0 Å². The lowest BCUT2D eigenvalue weighted by Crippen LogP contribution is -2.43. The van der Waals surface area contributed by atoms with E-state index >= 15 is 0 Å². The molecule has 196 valence electrons. The van der Waals surface area contributed by atoms with Gasteiger partial charge in [0.1, 0.15) is 11.8 Å². The van der Waals surface area contributed by atoms with E-state index in [0.29, 0.717) is 43.9 Å². The van der Waals surface area contributed by atoms with E-state index in [-0.39, 0.29) is 11.8 Å². The Labute approximate surface area is 219 Å². The highest BCUT2D eigenvalue weighted by Gasteiger charge is 2.31. The van der Waals surface area contributed by atoms with Crippen molar-refractivity contribution < 1.29 is 23.8 Å². The number of benzene rings is 3. The monoisotopic (exact) mass is 504 g/mol. The van der Waals surface area contributed by atoms with Crippen LogP contribution in [0.15, 0.2) is 72.8 Å². The first kappa shape index (κ1) is 27.6. The Morgan fingerprint density at radius 1 is 0.838 bits per heavy atom. The minimum Gasteiger partial charge on any atom is -0.497 e. The number of hydrogen-bond acceptors (Lipinski definition) is 5. The van der Waals surface area contributed by atoms with Crippen molar-refractivity contribution in [2.45, 2.75) is 38.8 Å². The van der Waals surface area contributed by atoms with E-state index < -0.39 is 6.04 Å². The number of rotatable bonds is 13. The second kappa shape index (κ2) is 13.9. The Bertz CT molecular complexity index is 1150. The van der Waals surface area contributed by atoms with E-state index in [9.17, 15) is 9.59 Å². The number of carbonyl (C=O) groups is 2. The van der Waals surface area contributed by atoms with Crippen molar-refractivity contribution >= 4 is 11.8 Å². The maximum absolute atomic E-state index is 13.6. The van der Waals surface area contributed by atoms with Gasteiger partial charge < -0.3 is 24.4 Å². The molecule has 0 saturated heterocycles. The third-order valence-corrected chi connectivity index (χ3v) is 6.13. The van der Waals surface area contributed by atoms with Crippen LogP contribution in [0.1, 0.15) is 42.5 Å². The lowest BCUT2D eigenvalue weighted by atomic mass is 10.0. The molecule has 0 aliphatic carbocycles. The molecule has 1 N–H and O–H groups in total. The normalized spacial score (nSPS) is 11.4. The molecule has 0 heterocycles. The van der Waals surface area contributed by atoms with Gasteiger partial charge in [0, 0.05) is 19.5 Å². The van der Waals surface area contributed by atoms with Crippen LogP contribution in [-0.2, 0) is 22.6 Å². The summed E-state index contributed by atoms with van der Waals surface area (Å²) in [6.07, 6.45) is 1.66. The Hall–Kier alpha value is -4.00. The third-order valence-electron chi connectivity index (χ3n) is 6.13. The topological polar surface area (TPSA) is 77.1 Å². The summed E-state index contributed by atoms with van der Waals surface area (Å²) in [7, 11) is 4.81. The van der Waals surface area contributed by atoms with Crippen LogP contribution in [0.3, 0.4) is 0 Å². The Kier molecular flexibility index (Phi) is 10.4. The summed E-state index contributed by atoms with van der Waals surface area (Å²) in [5, 5.41) is 3.05. The number of nitrogens with zero attached hydrogens (tertiary/aromatic N) is 1. The van der Waals surface area contributed by atoms with Crippen molar-refractivity contribution in [2.24, 2.45) is 0 Å². The summed E-state index contributed by atoms with van der Waals surface area (Å²) in [6.45, 7) is 2.69. The zero-order chi connectivity index (χ0) is 26.6. The van der Waals surface area contributed by atoms with Gasteiger partial charge >= 0.3 is 0 Å². The van der Waals surface area contributed by atoms with Gasteiger partial charge in [-0.2, -0.15) is 0 Å². The molecular formula is C30H36N2O5. The number of carbonyl (C=O) groups excluding carboxylic acids is 2. The van der Waals surface area contributed by atoms with Gasteiger partial charge in [-0.3, -0.25) is 9.59 Å². The first-order chi connectivity index (χ1) is 18.0. The standard InChI is InChI=1S/C30H36N2O5/c1-5-9-28(33)32(21-23-12-15-25(35-2)16-13-23)29(24-10-7-6-8-11-24)30(34)31-19-18-22-14-17-26(36-3)27(20-22)37-4/h6-8,10-17,20,29H,5,9,18-19,21H2,1-4H3,(H,31,34). The molecule has 1 atom stereocenters. The highest BCUT2D eigenvalue weighted by Crippen LogP contribution is 2.28. The summed E-state index contributed by atoms with van der Waals surface area (Å²) in [5.74, 6) is 1.75. The number of amides is 2. The van der Waals surface area contributed by atoms with Gasteiger partial charge in [0.15, 0.2) is 11.5 Å². The van der Waals surface area contributed by atoms with Gasteiger partial charge in [-0.25, -0.2) is 0 Å². The van der Waals surface area contributed by atoms with E-state index in [1.165, 1.54) is 0 Å². The average molecular weight is 505 g/mol. The summed E-state index contributed by atoms with van der Waals surface area (Å²) < 4.78 is 16.0. The molecule has 1 unspecified atom stereocenters. The average Bonchev–Trinajstić information content (AvgIpc) is 2.93. The SMILES string of the molecule is CCCC(=O)N(Cc1ccc(OC)cc1)C(C(=O)NCCc1ccc(OC)c(OC)c1)c1ccccc1. The molecule has 3 rings (SSSR count). The van der Waals surface area contributed by atoms with Crippen LogP contribution in [0.25, 0.3) is 0 Å². The minimum atomic E-state index is -0.757. The number of methoxy groups -OCH3 is 3. The highest BCUT2D eigenvalue weighted by molar-refractivity contribution is 5.88. The van der Waals surface area contributed by atoms with Crippen LogP contribution in [0, 0.1) is 0 Å². The van der Waals surface area contributed by atoms with Crippen LogP contribution < -0.4 is 19.5 Å². The van der Waals surface area contributed by atoms with Gasteiger partial charge in [-0.1, -0.05) is 55.5 Å². The van der Waals surface area contributed by atoms with Crippen molar-refractivity contribution in [1.82, 2.24) is 10.2 Å². The minimum absolute atomic E-state index is 0.0674. The first-order valence-electron chi connectivity index (χ1n) is 12.5. The van der Waals surface area contributed by atoms with E-state index in [1.807, 2.05) is 79.7 Å². The third kappa shape index (κ3) is 7.49. The molecule has 0 aliphatic heterocycles. The Morgan fingerprint density at radius 2 is 1.51 bits per heavy atom. The van der Waals surface area contributed by atoms with Gasteiger partial charge in [0.2, 0.25) is 11.8 Å². The lowest BCUT2D eigenvalue weighted by molar-refractivity contribution is -0.141. The number of hydrogen-bond donors (Lipinski definition) is 1. The second-order valence-corrected chi connectivity index (χ2v) is 8.66. The molecule has 0 aliphatic rings. The predicted octanol–water partition coefficient (Wildman–Crippen LogP) is 4.94. The largest absolute Gasteiger partial charge is 0.497 e. The molecule has 0 fully saturated rings. The molecule has 0 radical (unpaired) electrons. The Balaban J connectivity index is 1.82. The summed E-state index contributed by atoms with van der Waals surface area (Å²) in [6, 6.07) is 21.9. The zero-order valence-corrected chi connectivity index (χ0v) is 22.0. The number of ether oxygens (including phenoxy) is 3. The first-order valence-corrected chi connectivity index (χ1v) is 12.5. The lowest BCUT2D eigenvalue weighted by Gasteiger charge is -2.31. The second-order valence-electron chi connectivity index (χ2n) is 8.66. The molecule has 7 nitrogen and oxygen atoms in total. The fraction of sp³-hybridized carbons (Fsp3) is 0.333. The van der Waals surface area contributed by atoms with Crippen molar-refractivity contribution in [2.75, 3.05) is 27.9 Å². The maximum Gasteiger partial charge on any atom is 0.247 e. The summed E-state index contributed by atoms with van der Waals surface area (Å²) in [5.41, 5.74) is 2.69. The van der Waals surface area contributed by atoms with Crippen LogP contribution in [0.4, 0.5) is 0 Å². The van der Waals surface area contributed by atoms with Crippen LogP contribution >= 0.6 is 0 Å². The van der Waals surface area contributed by atoms with Gasteiger partial charge in [-0.15, -0.1) is 0 Å². The quantitative estimate of drug-likeness (QED) is 0.357. The molecule has 37 heavy (non-hydrogen) atoms. The predicted molar refractivity (Wildman–Crippen MR) is 144 cm³/mol. The molecule has 2 amide bonds.